The molecule has 0 radical (unpaired) electrons. The van der Waals surface area contributed by atoms with Crippen LogP contribution in [0.4, 0.5) is 0 Å². The summed E-state index contributed by atoms with van der Waals surface area (Å²) in [5.74, 6) is 1.81. The van der Waals surface area contributed by atoms with E-state index in [9.17, 15) is 4.79 Å². The van der Waals surface area contributed by atoms with E-state index in [-0.39, 0.29) is 12.5 Å². The van der Waals surface area contributed by atoms with Crippen LogP contribution in [0.1, 0.15) is 37.5 Å². The molecule has 5 nitrogen and oxygen atoms in total. The second-order valence-corrected chi connectivity index (χ2v) is 7.63. The number of halogens is 2. The molecule has 3 aromatic rings. The molecule has 1 heterocycles. The summed E-state index contributed by atoms with van der Waals surface area (Å²) in [7, 11) is 0. The first-order valence-electron chi connectivity index (χ1n) is 9.56. The van der Waals surface area contributed by atoms with Crippen molar-refractivity contribution in [1.82, 2.24) is 5.43 Å². The molecule has 1 N–H and O–H groups in total. The van der Waals surface area contributed by atoms with E-state index in [1.54, 1.807) is 30.3 Å². The van der Waals surface area contributed by atoms with Crippen molar-refractivity contribution in [3.63, 3.8) is 0 Å². The number of hydrazone groups is 1. The van der Waals surface area contributed by atoms with Crippen molar-refractivity contribution in [2.45, 2.75) is 26.2 Å². The third kappa shape index (κ3) is 5.88. The third-order valence-corrected chi connectivity index (χ3v) is 5.18. The zero-order chi connectivity index (χ0) is 21.5. The van der Waals surface area contributed by atoms with Gasteiger partial charge in [0, 0.05) is 10.6 Å². The number of benzene rings is 2. The van der Waals surface area contributed by atoms with Crippen LogP contribution in [0.25, 0.3) is 11.3 Å². The van der Waals surface area contributed by atoms with Crippen molar-refractivity contribution in [3.8, 4) is 17.1 Å². The van der Waals surface area contributed by atoms with Gasteiger partial charge in [-0.3, -0.25) is 4.79 Å². The van der Waals surface area contributed by atoms with Gasteiger partial charge in [0.2, 0.25) is 0 Å². The van der Waals surface area contributed by atoms with Gasteiger partial charge in [-0.15, -0.1) is 0 Å². The summed E-state index contributed by atoms with van der Waals surface area (Å²) in [5, 5.41) is 4.93. The van der Waals surface area contributed by atoms with E-state index in [1.165, 1.54) is 11.8 Å². The van der Waals surface area contributed by atoms with E-state index >= 15 is 0 Å². The SMILES string of the molecule is CC[C@@H](C)c1ccc(OCC(=O)N/N=C\c2ccc(-c3ccc(Cl)cc3Cl)o2)cc1. The fourth-order valence-corrected chi connectivity index (χ4v) is 3.24. The Morgan fingerprint density at radius 3 is 2.63 bits per heavy atom. The average molecular weight is 445 g/mol. The van der Waals surface area contributed by atoms with Gasteiger partial charge >= 0.3 is 0 Å². The van der Waals surface area contributed by atoms with Crippen molar-refractivity contribution in [1.29, 1.82) is 0 Å². The molecule has 0 aliphatic carbocycles. The molecule has 30 heavy (non-hydrogen) atoms. The summed E-state index contributed by atoms with van der Waals surface area (Å²) in [6, 6.07) is 16.4. The molecule has 0 bridgehead atoms. The molecule has 0 unspecified atom stereocenters. The summed E-state index contributed by atoms with van der Waals surface area (Å²) in [5.41, 5.74) is 4.38. The number of rotatable bonds is 8. The highest BCUT2D eigenvalue weighted by atomic mass is 35.5. The third-order valence-electron chi connectivity index (χ3n) is 4.64. The molecule has 1 aromatic heterocycles. The van der Waals surface area contributed by atoms with Gasteiger partial charge in [0.25, 0.3) is 5.91 Å². The topological polar surface area (TPSA) is 63.8 Å². The minimum atomic E-state index is -0.371. The van der Waals surface area contributed by atoms with Gasteiger partial charge in [0.05, 0.1) is 11.2 Å². The highest BCUT2D eigenvalue weighted by molar-refractivity contribution is 6.36. The Kier molecular flexibility index (Phi) is 7.55. The molecule has 1 amide bonds. The Morgan fingerprint density at radius 2 is 1.93 bits per heavy atom. The van der Waals surface area contributed by atoms with Crippen molar-refractivity contribution in [2.75, 3.05) is 6.61 Å². The number of nitrogens with one attached hydrogen (secondary N) is 1. The van der Waals surface area contributed by atoms with Gasteiger partial charge in [-0.25, -0.2) is 5.43 Å². The lowest BCUT2D eigenvalue weighted by Gasteiger charge is -2.10. The monoisotopic (exact) mass is 444 g/mol. The minimum absolute atomic E-state index is 0.135. The molecular formula is C23H22Cl2N2O3. The molecule has 0 aliphatic heterocycles. The average Bonchev–Trinajstić information content (AvgIpc) is 3.20. The number of ether oxygens (including phenoxy) is 1. The van der Waals surface area contributed by atoms with Crippen LogP contribution in [0.15, 0.2) is 64.1 Å². The lowest BCUT2D eigenvalue weighted by atomic mass is 9.99. The van der Waals surface area contributed by atoms with Gasteiger partial charge in [0.1, 0.15) is 17.3 Å². The summed E-state index contributed by atoms with van der Waals surface area (Å²) in [6.45, 7) is 4.19. The number of hydrogen-bond acceptors (Lipinski definition) is 4. The second-order valence-electron chi connectivity index (χ2n) is 6.79. The number of nitrogens with zero attached hydrogens (tertiary/aromatic N) is 1. The van der Waals surface area contributed by atoms with Gasteiger partial charge in [0.15, 0.2) is 6.61 Å². The zero-order valence-corrected chi connectivity index (χ0v) is 18.2. The summed E-state index contributed by atoms with van der Waals surface area (Å²) in [6.07, 6.45) is 2.48. The predicted octanol–water partition coefficient (Wildman–Crippen LogP) is 6.30. The van der Waals surface area contributed by atoms with Crippen LogP contribution in [-0.2, 0) is 4.79 Å². The molecule has 0 saturated carbocycles. The molecule has 0 aliphatic rings. The van der Waals surface area contributed by atoms with E-state index in [0.717, 1.165) is 12.0 Å². The summed E-state index contributed by atoms with van der Waals surface area (Å²) >= 11 is 12.1. The molecule has 0 saturated heterocycles. The molecule has 0 fully saturated rings. The lowest BCUT2D eigenvalue weighted by Crippen LogP contribution is -2.24. The normalized spacial score (nSPS) is 12.1. The van der Waals surface area contributed by atoms with E-state index < -0.39 is 0 Å². The first-order chi connectivity index (χ1) is 14.5. The first-order valence-corrected chi connectivity index (χ1v) is 10.3. The number of furan rings is 1. The fraction of sp³-hybridized carbons (Fsp3) is 0.217. The largest absolute Gasteiger partial charge is 0.484 e. The van der Waals surface area contributed by atoms with Crippen molar-refractivity contribution in [3.05, 3.63) is 76.0 Å². The van der Waals surface area contributed by atoms with Crippen LogP contribution in [0.2, 0.25) is 10.0 Å². The van der Waals surface area contributed by atoms with Gasteiger partial charge < -0.3 is 9.15 Å². The Hall–Kier alpha value is -2.76. The van der Waals surface area contributed by atoms with Crippen LogP contribution >= 0.6 is 23.2 Å². The molecule has 0 spiro atoms. The van der Waals surface area contributed by atoms with Crippen LogP contribution in [0, 0.1) is 0 Å². The summed E-state index contributed by atoms with van der Waals surface area (Å²) < 4.78 is 11.2. The quantitative estimate of drug-likeness (QED) is 0.327. The van der Waals surface area contributed by atoms with Gasteiger partial charge in [-0.05, 0) is 60.4 Å². The predicted molar refractivity (Wildman–Crippen MR) is 121 cm³/mol. The number of carbonyl (C=O) groups is 1. The highest BCUT2D eigenvalue weighted by Gasteiger charge is 2.09. The Balaban J connectivity index is 1.49. The molecule has 3 rings (SSSR count). The van der Waals surface area contributed by atoms with Gasteiger partial charge in [-0.1, -0.05) is 49.2 Å². The zero-order valence-electron chi connectivity index (χ0n) is 16.7. The maximum absolute atomic E-state index is 11.9. The second kappa shape index (κ2) is 10.3. The minimum Gasteiger partial charge on any atom is -0.484 e. The van der Waals surface area contributed by atoms with Crippen LogP contribution in [-0.4, -0.2) is 18.7 Å². The lowest BCUT2D eigenvalue weighted by molar-refractivity contribution is -0.123. The molecule has 7 heteroatoms. The smallest absolute Gasteiger partial charge is 0.277 e. The van der Waals surface area contributed by atoms with E-state index in [4.69, 9.17) is 32.4 Å². The molecule has 1 atom stereocenters. The van der Waals surface area contributed by atoms with Crippen molar-refractivity contribution in [2.24, 2.45) is 5.10 Å². The van der Waals surface area contributed by atoms with E-state index in [2.05, 4.69) is 24.4 Å². The van der Waals surface area contributed by atoms with Crippen LogP contribution < -0.4 is 10.2 Å². The molecular weight excluding hydrogens is 423 g/mol. The number of hydrogen-bond donors (Lipinski definition) is 1. The highest BCUT2D eigenvalue weighted by Crippen LogP contribution is 2.31. The maximum atomic E-state index is 11.9. The number of carbonyl (C=O) groups excluding carboxylic acids is 1. The van der Waals surface area contributed by atoms with Crippen molar-refractivity contribution >= 4 is 35.3 Å². The molecule has 2 aromatic carbocycles. The Labute approximate surface area is 185 Å². The van der Waals surface area contributed by atoms with Crippen LogP contribution in [0.5, 0.6) is 5.75 Å². The van der Waals surface area contributed by atoms with E-state index in [0.29, 0.717) is 33.2 Å². The standard InChI is InChI=1S/C23H22Cl2N2O3/c1-3-15(2)16-4-7-18(8-5-16)29-14-23(28)27-26-13-19-9-11-22(30-19)20-10-6-17(24)12-21(20)25/h4-13,15H,3,14H2,1-2H3,(H,27,28)/b26-13-/t15-/m1/s1. The fourth-order valence-electron chi connectivity index (χ4n) is 2.73. The molecule has 156 valence electrons. The van der Waals surface area contributed by atoms with Crippen LogP contribution in [0.3, 0.4) is 0 Å². The van der Waals surface area contributed by atoms with E-state index in [1.807, 2.05) is 24.3 Å². The first kappa shape index (κ1) is 21.9. The summed E-state index contributed by atoms with van der Waals surface area (Å²) in [4.78, 5) is 11.9. The Bertz CT molecular complexity index is 1030. The number of amides is 1. The Morgan fingerprint density at radius 1 is 1.17 bits per heavy atom. The van der Waals surface area contributed by atoms with Gasteiger partial charge in [-0.2, -0.15) is 5.10 Å². The van der Waals surface area contributed by atoms with Crippen molar-refractivity contribution < 1.29 is 13.9 Å². The maximum Gasteiger partial charge on any atom is 0.277 e.